The molecule has 1 aliphatic heterocycles. The van der Waals surface area contributed by atoms with E-state index in [-0.39, 0.29) is 16.9 Å². The molecular weight excluding hydrogens is 422 g/mol. The number of ether oxygens (including phenoxy) is 1. The molecule has 170 valence electrons. The van der Waals surface area contributed by atoms with Crippen LogP contribution in [0.5, 0.6) is 5.75 Å². The number of para-hydroxylation sites is 1. The third-order valence-electron chi connectivity index (χ3n) is 5.41. The van der Waals surface area contributed by atoms with Crippen LogP contribution in [0, 0.1) is 0 Å². The number of amides is 2. The average molecular weight is 454 g/mol. The van der Waals surface area contributed by atoms with Gasteiger partial charge in [0, 0.05) is 18.7 Å². The third kappa shape index (κ3) is 6.79. The Labute approximate surface area is 195 Å². The SMILES string of the molecule is CCCCCCOc1ccc(C(=O)NC(=S)Nc2ccccc2C(=O)N2CCCC2)cc1. The Morgan fingerprint density at radius 2 is 1.72 bits per heavy atom. The van der Waals surface area contributed by atoms with Crippen LogP contribution in [0.15, 0.2) is 48.5 Å². The molecule has 2 aromatic rings. The molecular formula is C25H31N3O3S. The van der Waals surface area contributed by atoms with Gasteiger partial charge in [0.25, 0.3) is 11.8 Å². The van der Waals surface area contributed by atoms with Crippen molar-refractivity contribution in [2.45, 2.75) is 45.4 Å². The zero-order valence-corrected chi connectivity index (χ0v) is 19.4. The Bertz CT molecular complexity index is 924. The number of likely N-dealkylation sites (tertiary alicyclic amines) is 1. The number of thiocarbonyl (C=S) groups is 1. The molecule has 3 rings (SSSR count). The van der Waals surface area contributed by atoms with Crippen molar-refractivity contribution in [2.75, 3.05) is 25.0 Å². The van der Waals surface area contributed by atoms with Crippen LogP contribution in [-0.2, 0) is 0 Å². The van der Waals surface area contributed by atoms with Crippen molar-refractivity contribution >= 4 is 34.8 Å². The summed E-state index contributed by atoms with van der Waals surface area (Å²) in [6.07, 6.45) is 6.65. The van der Waals surface area contributed by atoms with E-state index in [2.05, 4.69) is 17.6 Å². The average Bonchev–Trinajstić information content (AvgIpc) is 3.34. The van der Waals surface area contributed by atoms with Crippen LogP contribution < -0.4 is 15.4 Å². The molecule has 6 nitrogen and oxygen atoms in total. The summed E-state index contributed by atoms with van der Waals surface area (Å²) in [6.45, 7) is 4.40. The summed E-state index contributed by atoms with van der Waals surface area (Å²) in [7, 11) is 0. The van der Waals surface area contributed by atoms with E-state index in [1.807, 2.05) is 17.0 Å². The molecule has 1 heterocycles. The van der Waals surface area contributed by atoms with Gasteiger partial charge in [-0.05, 0) is 67.9 Å². The lowest BCUT2D eigenvalue weighted by Crippen LogP contribution is -2.35. The number of nitrogens with one attached hydrogen (secondary N) is 2. The molecule has 7 heteroatoms. The summed E-state index contributed by atoms with van der Waals surface area (Å²) in [5.41, 5.74) is 1.61. The largest absolute Gasteiger partial charge is 0.494 e. The number of hydrogen-bond donors (Lipinski definition) is 2. The second-order valence-corrected chi connectivity index (χ2v) is 8.29. The molecule has 2 amide bonds. The lowest BCUT2D eigenvalue weighted by atomic mass is 10.1. The number of nitrogens with zero attached hydrogens (tertiary/aromatic N) is 1. The van der Waals surface area contributed by atoms with Crippen molar-refractivity contribution < 1.29 is 14.3 Å². The maximum Gasteiger partial charge on any atom is 0.257 e. The highest BCUT2D eigenvalue weighted by atomic mass is 32.1. The van der Waals surface area contributed by atoms with Gasteiger partial charge in [-0.1, -0.05) is 38.3 Å². The number of benzene rings is 2. The van der Waals surface area contributed by atoms with Crippen LogP contribution in [0.3, 0.4) is 0 Å². The van der Waals surface area contributed by atoms with Gasteiger partial charge in [-0.2, -0.15) is 0 Å². The van der Waals surface area contributed by atoms with E-state index in [9.17, 15) is 9.59 Å². The van der Waals surface area contributed by atoms with Crippen molar-refractivity contribution in [1.82, 2.24) is 10.2 Å². The number of anilines is 1. The Morgan fingerprint density at radius 1 is 1.00 bits per heavy atom. The van der Waals surface area contributed by atoms with Gasteiger partial charge in [0.05, 0.1) is 17.9 Å². The van der Waals surface area contributed by atoms with E-state index in [1.165, 1.54) is 12.8 Å². The fraction of sp³-hybridized carbons (Fsp3) is 0.400. The zero-order chi connectivity index (χ0) is 22.8. The minimum atomic E-state index is -0.319. The molecule has 1 aliphatic rings. The molecule has 0 spiro atoms. The number of carbonyl (C=O) groups is 2. The molecule has 2 N–H and O–H groups in total. The van der Waals surface area contributed by atoms with Crippen molar-refractivity contribution in [3.05, 3.63) is 59.7 Å². The topological polar surface area (TPSA) is 70.7 Å². The highest BCUT2D eigenvalue weighted by Gasteiger charge is 2.22. The predicted molar refractivity (Wildman–Crippen MR) is 131 cm³/mol. The van der Waals surface area contributed by atoms with Crippen LogP contribution in [0.2, 0.25) is 0 Å². The highest BCUT2D eigenvalue weighted by Crippen LogP contribution is 2.20. The van der Waals surface area contributed by atoms with Crippen LogP contribution in [-0.4, -0.2) is 41.5 Å². The maximum absolute atomic E-state index is 12.8. The van der Waals surface area contributed by atoms with Crippen molar-refractivity contribution in [3.8, 4) is 5.75 Å². The van der Waals surface area contributed by atoms with Gasteiger partial charge >= 0.3 is 0 Å². The fourth-order valence-corrected chi connectivity index (χ4v) is 3.82. The number of rotatable bonds is 9. The Morgan fingerprint density at radius 3 is 2.44 bits per heavy atom. The molecule has 0 atom stereocenters. The van der Waals surface area contributed by atoms with E-state index < -0.39 is 0 Å². The molecule has 0 bridgehead atoms. The minimum absolute atomic E-state index is 0.0231. The lowest BCUT2D eigenvalue weighted by Gasteiger charge is -2.18. The van der Waals surface area contributed by atoms with E-state index in [4.69, 9.17) is 17.0 Å². The Hall–Kier alpha value is -2.93. The van der Waals surface area contributed by atoms with E-state index in [0.717, 1.165) is 44.5 Å². The molecule has 0 aromatic heterocycles. The first-order valence-electron chi connectivity index (χ1n) is 11.3. The minimum Gasteiger partial charge on any atom is -0.494 e. The Balaban J connectivity index is 1.53. The van der Waals surface area contributed by atoms with Gasteiger partial charge in [0.15, 0.2) is 5.11 Å². The monoisotopic (exact) mass is 453 g/mol. The second-order valence-electron chi connectivity index (χ2n) is 7.89. The number of hydrogen-bond acceptors (Lipinski definition) is 4. The van der Waals surface area contributed by atoms with Crippen molar-refractivity contribution in [2.24, 2.45) is 0 Å². The summed E-state index contributed by atoms with van der Waals surface area (Å²) in [6, 6.07) is 14.2. The molecule has 0 unspecified atom stereocenters. The molecule has 2 aromatic carbocycles. The van der Waals surface area contributed by atoms with Crippen LogP contribution in [0.4, 0.5) is 5.69 Å². The molecule has 0 saturated carbocycles. The van der Waals surface area contributed by atoms with Gasteiger partial charge in [-0.15, -0.1) is 0 Å². The summed E-state index contributed by atoms with van der Waals surface area (Å²) in [5, 5.41) is 5.83. The van der Waals surface area contributed by atoms with Gasteiger partial charge in [-0.25, -0.2) is 0 Å². The van der Waals surface area contributed by atoms with Gasteiger partial charge < -0.3 is 15.0 Å². The van der Waals surface area contributed by atoms with Crippen molar-refractivity contribution in [1.29, 1.82) is 0 Å². The first-order valence-corrected chi connectivity index (χ1v) is 11.7. The molecule has 1 fully saturated rings. The smallest absolute Gasteiger partial charge is 0.257 e. The van der Waals surface area contributed by atoms with Gasteiger partial charge in [-0.3, -0.25) is 14.9 Å². The summed E-state index contributed by atoms with van der Waals surface area (Å²) < 4.78 is 5.72. The van der Waals surface area contributed by atoms with Crippen molar-refractivity contribution in [3.63, 3.8) is 0 Å². The highest BCUT2D eigenvalue weighted by molar-refractivity contribution is 7.80. The summed E-state index contributed by atoms with van der Waals surface area (Å²) in [4.78, 5) is 27.2. The first kappa shape index (κ1) is 23.7. The van der Waals surface area contributed by atoms with Crippen LogP contribution in [0.25, 0.3) is 0 Å². The molecule has 32 heavy (non-hydrogen) atoms. The first-order chi connectivity index (χ1) is 15.6. The molecule has 0 radical (unpaired) electrons. The van der Waals surface area contributed by atoms with E-state index in [0.29, 0.717) is 23.4 Å². The number of carbonyl (C=O) groups excluding carboxylic acids is 2. The predicted octanol–water partition coefficient (Wildman–Crippen LogP) is 5.01. The van der Waals surface area contributed by atoms with E-state index in [1.54, 1.807) is 36.4 Å². The lowest BCUT2D eigenvalue weighted by molar-refractivity contribution is 0.0793. The zero-order valence-electron chi connectivity index (χ0n) is 18.6. The summed E-state index contributed by atoms with van der Waals surface area (Å²) >= 11 is 5.32. The van der Waals surface area contributed by atoms with Gasteiger partial charge in [0.2, 0.25) is 0 Å². The number of unbranched alkanes of at least 4 members (excludes halogenated alkanes) is 3. The standard InChI is InChI=1S/C25H31N3O3S/c1-2-3-4-9-18-31-20-14-12-19(13-15-20)23(29)27-25(32)26-22-11-6-5-10-21(22)24(30)28-16-7-8-17-28/h5-6,10-15H,2-4,7-9,16-18H2,1H3,(H2,26,27,29,32). The van der Waals surface area contributed by atoms with Gasteiger partial charge in [0.1, 0.15) is 5.75 Å². The summed E-state index contributed by atoms with van der Waals surface area (Å²) in [5.74, 6) is 0.401. The maximum atomic E-state index is 12.8. The normalized spacial score (nSPS) is 13.0. The fourth-order valence-electron chi connectivity index (χ4n) is 3.62. The van der Waals surface area contributed by atoms with Crippen LogP contribution in [0.1, 0.15) is 66.2 Å². The molecule has 1 saturated heterocycles. The third-order valence-corrected chi connectivity index (χ3v) is 5.61. The van der Waals surface area contributed by atoms with E-state index >= 15 is 0 Å². The second kappa shape index (κ2) is 12.2. The quantitative estimate of drug-likeness (QED) is 0.413. The Kier molecular flexibility index (Phi) is 9.04. The van der Waals surface area contributed by atoms with Crippen LogP contribution >= 0.6 is 12.2 Å². The molecule has 0 aliphatic carbocycles.